The molecule has 6 heteroatoms. The summed E-state index contributed by atoms with van der Waals surface area (Å²) >= 11 is 0. The molecule has 3 fully saturated rings. The third-order valence-corrected chi connectivity index (χ3v) is 4.84. The predicted octanol–water partition coefficient (Wildman–Crippen LogP) is 0.509. The fraction of sp³-hybridized carbons (Fsp3) is 0.786. The van der Waals surface area contributed by atoms with E-state index in [4.69, 9.17) is 5.11 Å². The minimum atomic E-state index is -0.753. The summed E-state index contributed by atoms with van der Waals surface area (Å²) < 4.78 is 0. The summed E-state index contributed by atoms with van der Waals surface area (Å²) in [5, 5.41) is 11.6. The molecule has 3 rings (SSSR count). The second kappa shape index (κ2) is 5.07. The first-order valence-corrected chi connectivity index (χ1v) is 7.38. The van der Waals surface area contributed by atoms with Gasteiger partial charge < -0.3 is 15.3 Å². The highest BCUT2D eigenvalue weighted by Gasteiger charge is 2.46. The van der Waals surface area contributed by atoms with Gasteiger partial charge in [0, 0.05) is 24.9 Å². The first-order valence-electron chi connectivity index (χ1n) is 7.38. The summed E-state index contributed by atoms with van der Waals surface area (Å²) in [5.41, 5.74) is 0. The van der Waals surface area contributed by atoms with Crippen LogP contribution in [0.5, 0.6) is 0 Å². The molecule has 20 heavy (non-hydrogen) atoms. The van der Waals surface area contributed by atoms with E-state index in [1.807, 2.05) is 4.90 Å². The monoisotopic (exact) mass is 280 g/mol. The number of nitrogens with one attached hydrogen (secondary N) is 1. The molecule has 0 aliphatic carbocycles. The van der Waals surface area contributed by atoms with Crippen LogP contribution in [0.2, 0.25) is 0 Å². The van der Waals surface area contributed by atoms with Crippen molar-refractivity contribution in [1.82, 2.24) is 10.2 Å². The molecule has 2 N–H and O–H groups in total. The first kappa shape index (κ1) is 13.4. The van der Waals surface area contributed by atoms with Crippen LogP contribution in [0.4, 0.5) is 0 Å². The van der Waals surface area contributed by atoms with Crippen LogP contribution in [-0.2, 0) is 14.4 Å². The standard InChI is InChI=1S/C14H20N2O4/c17-12-4-3-11(15-12)14(20)16-9-1-2-10(16)6-8(5-9)7-13(18)19/h8-11H,1-7H2,(H,15,17)(H,18,19)/t8?,9?,10?,11-/m0/s1. The number of nitrogens with zero attached hydrogens (tertiary/aromatic N) is 1. The molecular weight excluding hydrogens is 260 g/mol. The Kier molecular flexibility index (Phi) is 3.40. The Morgan fingerprint density at radius 2 is 1.85 bits per heavy atom. The van der Waals surface area contributed by atoms with Crippen molar-refractivity contribution in [2.24, 2.45) is 5.92 Å². The molecule has 3 atom stereocenters. The largest absolute Gasteiger partial charge is 0.481 e. The summed E-state index contributed by atoms with van der Waals surface area (Å²) in [6.07, 6.45) is 4.73. The Balaban J connectivity index is 1.66. The van der Waals surface area contributed by atoms with E-state index >= 15 is 0 Å². The van der Waals surface area contributed by atoms with Gasteiger partial charge in [-0.25, -0.2) is 0 Å². The summed E-state index contributed by atoms with van der Waals surface area (Å²) in [4.78, 5) is 36.5. The lowest BCUT2D eigenvalue weighted by molar-refractivity contribution is -0.141. The van der Waals surface area contributed by atoms with Gasteiger partial charge in [-0.2, -0.15) is 0 Å². The lowest BCUT2D eigenvalue weighted by atomic mass is 9.87. The Labute approximate surface area is 117 Å². The topological polar surface area (TPSA) is 86.7 Å². The van der Waals surface area contributed by atoms with E-state index in [2.05, 4.69) is 5.32 Å². The Morgan fingerprint density at radius 1 is 1.20 bits per heavy atom. The van der Waals surface area contributed by atoms with Crippen LogP contribution in [0.25, 0.3) is 0 Å². The van der Waals surface area contributed by atoms with Gasteiger partial charge in [0.15, 0.2) is 0 Å². The van der Waals surface area contributed by atoms with Crippen molar-refractivity contribution in [3.8, 4) is 0 Å². The number of carbonyl (C=O) groups excluding carboxylic acids is 2. The van der Waals surface area contributed by atoms with Crippen molar-refractivity contribution in [3.05, 3.63) is 0 Å². The van der Waals surface area contributed by atoms with Crippen molar-refractivity contribution < 1.29 is 19.5 Å². The predicted molar refractivity (Wildman–Crippen MR) is 69.8 cm³/mol. The molecule has 6 nitrogen and oxygen atoms in total. The third kappa shape index (κ3) is 2.39. The Morgan fingerprint density at radius 3 is 2.35 bits per heavy atom. The molecule has 0 saturated carbocycles. The molecule has 3 aliphatic rings. The summed E-state index contributed by atoms with van der Waals surface area (Å²) in [6.45, 7) is 0. The van der Waals surface area contributed by atoms with Crippen LogP contribution in [0, 0.1) is 5.92 Å². The van der Waals surface area contributed by atoms with Gasteiger partial charge in [-0.3, -0.25) is 14.4 Å². The summed E-state index contributed by atoms with van der Waals surface area (Å²) in [7, 11) is 0. The maximum atomic E-state index is 12.5. The SMILES string of the molecule is O=C(O)CC1CC2CCC(C1)N2C(=O)[C@@H]1CCC(=O)N1. The Hall–Kier alpha value is -1.59. The molecule has 2 amide bonds. The van der Waals surface area contributed by atoms with Crippen molar-refractivity contribution in [2.75, 3.05) is 0 Å². The molecule has 0 spiro atoms. The summed E-state index contributed by atoms with van der Waals surface area (Å²) in [6, 6.07) is -0.0205. The highest BCUT2D eigenvalue weighted by molar-refractivity contribution is 5.91. The maximum Gasteiger partial charge on any atom is 0.303 e. The lowest BCUT2D eigenvalue weighted by Crippen LogP contribution is -2.52. The number of piperidine rings is 1. The molecule has 0 aromatic heterocycles. The highest BCUT2D eigenvalue weighted by Crippen LogP contribution is 2.40. The zero-order valence-corrected chi connectivity index (χ0v) is 11.4. The van der Waals surface area contributed by atoms with E-state index in [0.29, 0.717) is 12.8 Å². The molecule has 0 aromatic rings. The van der Waals surface area contributed by atoms with Crippen LogP contribution in [0.1, 0.15) is 44.9 Å². The van der Waals surface area contributed by atoms with Crippen LogP contribution in [0.3, 0.4) is 0 Å². The lowest BCUT2D eigenvalue weighted by Gasteiger charge is -2.39. The average molecular weight is 280 g/mol. The van der Waals surface area contributed by atoms with E-state index in [0.717, 1.165) is 25.7 Å². The molecule has 110 valence electrons. The third-order valence-electron chi connectivity index (χ3n) is 4.84. The molecule has 3 aliphatic heterocycles. The fourth-order valence-electron chi connectivity index (χ4n) is 4.04. The average Bonchev–Trinajstić information content (AvgIpc) is 2.91. The fourth-order valence-corrected chi connectivity index (χ4v) is 4.04. The molecule has 0 aromatic carbocycles. The van der Waals surface area contributed by atoms with Gasteiger partial charge in [-0.15, -0.1) is 0 Å². The van der Waals surface area contributed by atoms with E-state index in [9.17, 15) is 14.4 Å². The maximum absolute atomic E-state index is 12.5. The number of carbonyl (C=O) groups is 3. The van der Waals surface area contributed by atoms with Crippen molar-refractivity contribution >= 4 is 17.8 Å². The summed E-state index contributed by atoms with van der Waals surface area (Å²) in [5.74, 6) is -0.571. The minimum Gasteiger partial charge on any atom is -0.481 e. The molecule has 3 saturated heterocycles. The highest BCUT2D eigenvalue weighted by atomic mass is 16.4. The minimum absolute atomic E-state index is 0.0390. The van der Waals surface area contributed by atoms with Crippen molar-refractivity contribution in [2.45, 2.75) is 63.1 Å². The zero-order valence-electron chi connectivity index (χ0n) is 11.4. The molecule has 2 bridgehead atoms. The number of hydrogen-bond acceptors (Lipinski definition) is 3. The second-order valence-electron chi connectivity index (χ2n) is 6.22. The van der Waals surface area contributed by atoms with Crippen molar-refractivity contribution in [3.63, 3.8) is 0 Å². The van der Waals surface area contributed by atoms with Gasteiger partial charge in [-0.05, 0) is 38.0 Å². The van der Waals surface area contributed by atoms with Crippen LogP contribution in [-0.4, -0.2) is 45.9 Å². The van der Waals surface area contributed by atoms with Gasteiger partial charge in [0.1, 0.15) is 6.04 Å². The number of aliphatic carboxylic acids is 1. The van der Waals surface area contributed by atoms with E-state index < -0.39 is 5.97 Å². The Bertz CT molecular complexity index is 436. The zero-order chi connectivity index (χ0) is 14.3. The van der Waals surface area contributed by atoms with Crippen molar-refractivity contribution in [1.29, 1.82) is 0 Å². The normalized spacial score (nSPS) is 36.0. The van der Waals surface area contributed by atoms with Gasteiger partial charge in [0.2, 0.25) is 11.8 Å². The number of carboxylic acid groups (broad SMARTS) is 1. The molecule has 3 heterocycles. The van der Waals surface area contributed by atoms with Gasteiger partial charge in [0.05, 0.1) is 0 Å². The smallest absolute Gasteiger partial charge is 0.303 e. The molecular formula is C14H20N2O4. The number of fused-ring (bicyclic) bond motifs is 2. The molecule has 2 unspecified atom stereocenters. The van der Waals surface area contributed by atoms with Crippen LogP contribution >= 0.6 is 0 Å². The van der Waals surface area contributed by atoms with Crippen LogP contribution in [0.15, 0.2) is 0 Å². The van der Waals surface area contributed by atoms with E-state index in [-0.39, 0.29) is 42.3 Å². The number of carboxylic acids is 1. The van der Waals surface area contributed by atoms with Gasteiger partial charge in [-0.1, -0.05) is 0 Å². The second-order valence-corrected chi connectivity index (χ2v) is 6.22. The van der Waals surface area contributed by atoms with Gasteiger partial charge >= 0.3 is 5.97 Å². The number of rotatable bonds is 3. The van der Waals surface area contributed by atoms with E-state index in [1.165, 1.54) is 0 Å². The number of hydrogen-bond donors (Lipinski definition) is 2. The number of amides is 2. The first-order chi connectivity index (χ1) is 9.54. The van der Waals surface area contributed by atoms with Gasteiger partial charge in [0.25, 0.3) is 0 Å². The molecule has 0 radical (unpaired) electrons. The van der Waals surface area contributed by atoms with Crippen LogP contribution < -0.4 is 5.32 Å². The van der Waals surface area contributed by atoms with E-state index in [1.54, 1.807) is 0 Å². The quantitative estimate of drug-likeness (QED) is 0.788.